The van der Waals surface area contributed by atoms with E-state index >= 15 is 4.39 Å². The van der Waals surface area contributed by atoms with Crippen molar-refractivity contribution in [2.24, 2.45) is 0 Å². The van der Waals surface area contributed by atoms with Crippen molar-refractivity contribution in [3.05, 3.63) is 35.5 Å². The first-order chi connectivity index (χ1) is 17.5. The SMILES string of the molecule is COc1nc(N2CCN(C)CC2)cc(-n2ncc3cc(C)c(C4CCN(C5COC5)CC4F)cc32)n1. The Morgan fingerprint density at radius 1 is 1.03 bits per heavy atom. The van der Waals surface area contributed by atoms with Crippen molar-refractivity contribution in [2.45, 2.75) is 31.5 Å². The van der Waals surface area contributed by atoms with Crippen LogP contribution in [0.5, 0.6) is 6.01 Å². The van der Waals surface area contributed by atoms with Gasteiger partial charge in [0.1, 0.15) is 12.0 Å². The summed E-state index contributed by atoms with van der Waals surface area (Å²) in [4.78, 5) is 16.0. The van der Waals surface area contributed by atoms with Crippen molar-refractivity contribution >= 4 is 16.7 Å². The van der Waals surface area contributed by atoms with Crippen LogP contribution in [0.25, 0.3) is 16.7 Å². The highest BCUT2D eigenvalue weighted by molar-refractivity contribution is 5.82. The van der Waals surface area contributed by atoms with Gasteiger partial charge in [-0.1, -0.05) is 0 Å². The Kier molecular flexibility index (Phi) is 6.27. The van der Waals surface area contributed by atoms with E-state index in [1.165, 1.54) is 0 Å². The van der Waals surface area contributed by atoms with E-state index in [1.807, 2.05) is 16.9 Å². The van der Waals surface area contributed by atoms with Crippen LogP contribution < -0.4 is 9.64 Å². The maximum absolute atomic E-state index is 15.5. The fourth-order valence-corrected chi connectivity index (χ4v) is 5.63. The first-order valence-electron chi connectivity index (χ1n) is 12.8. The number of rotatable bonds is 5. The van der Waals surface area contributed by atoms with Crippen LogP contribution in [-0.2, 0) is 4.74 Å². The fourth-order valence-electron chi connectivity index (χ4n) is 5.63. The molecule has 36 heavy (non-hydrogen) atoms. The molecule has 0 bridgehead atoms. The van der Waals surface area contributed by atoms with E-state index < -0.39 is 6.17 Å². The van der Waals surface area contributed by atoms with Crippen LogP contribution in [0.4, 0.5) is 10.2 Å². The third-order valence-corrected chi connectivity index (χ3v) is 7.97. The lowest BCUT2D eigenvalue weighted by Crippen LogP contribution is -2.54. The predicted octanol–water partition coefficient (Wildman–Crippen LogP) is 2.41. The maximum Gasteiger partial charge on any atom is 0.320 e. The number of piperidine rings is 1. The summed E-state index contributed by atoms with van der Waals surface area (Å²) in [6, 6.07) is 6.88. The van der Waals surface area contributed by atoms with Crippen molar-refractivity contribution in [1.29, 1.82) is 0 Å². The lowest BCUT2D eigenvalue weighted by atomic mass is 9.84. The van der Waals surface area contributed by atoms with E-state index in [2.05, 4.69) is 55.9 Å². The molecular formula is C26H34FN7O2. The molecule has 10 heteroatoms. The number of hydrogen-bond donors (Lipinski definition) is 0. The van der Waals surface area contributed by atoms with Crippen LogP contribution in [-0.4, -0.2) is 108 Å². The van der Waals surface area contributed by atoms with Crippen LogP contribution in [0.1, 0.15) is 23.5 Å². The van der Waals surface area contributed by atoms with Gasteiger partial charge in [-0.3, -0.25) is 4.90 Å². The summed E-state index contributed by atoms with van der Waals surface area (Å²) < 4.78 is 28.1. The molecule has 5 heterocycles. The van der Waals surface area contributed by atoms with E-state index in [-0.39, 0.29) is 5.92 Å². The van der Waals surface area contributed by atoms with E-state index in [1.54, 1.807) is 7.11 Å². The fraction of sp³-hybridized carbons (Fsp3) is 0.577. The van der Waals surface area contributed by atoms with Crippen LogP contribution in [0.3, 0.4) is 0 Å². The maximum atomic E-state index is 15.5. The van der Waals surface area contributed by atoms with Gasteiger partial charge >= 0.3 is 6.01 Å². The summed E-state index contributed by atoms with van der Waals surface area (Å²) >= 11 is 0. The van der Waals surface area contributed by atoms with Gasteiger partial charge in [-0.25, -0.2) is 9.07 Å². The van der Waals surface area contributed by atoms with Crippen molar-refractivity contribution in [3.63, 3.8) is 0 Å². The number of benzene rings is 1. The molecule has 3 aliphatic heterocycles. The smallest absolute Gasteiger partial charge is 0.320 e. The molecule has 2 atom stereocenters. The van der Waals surface area contributed by atoms with Gasteiger partial charge in [-0.05, 0) is 50.2 Å². The topological polar surface area (TPSA) is 71.8 Å². The van der Waals surface area contributed by atoms with E-state index in [4.69, 9.17) is 9.47 Å². The molecule has 0 aliphatic carbocycles. The number of fused-ring (bicyclic) bond motifs is 1. The number of alkyl halides is 1. The summed E-state index contributed by atoms with van der Waals surface area (Å²) in [6.07, 6.45) is 1.74. The zero-order chi connectivity index (χ0) is 24.8. The number of aryl methyl sites for hydroxylation is 1. The number of aromatic nitrogens is 4. The summed E-state index contributed by atoms with van der Waals surface area (Å²) in [7, 11) is 3.71. The molecule has 2 aromatic heterocycles. The molecule has 2 unspecified atom stereocenters. The van der Waals surface area contributed by atoms with Gasteiger partial charge in [-0.2, -0.15) is 15.1 Å². The van der Waals surface area contributed by atoms with Gasteiger partial charge in [0.25, 0.3) is 0 Å². The van der Waals surface area contributed by atoms with Crippen LogP contribution in [0, 0.1) is 6.92 Å². The summed E-state index contributed by atoms with van der Waals surface area (Å²) in [5.74, 6) is 1.35. The first kappa shape index (κ1) is 23.6. The molecule has 3 aliphatic rings. The average Bonchev–Trinajstić information content (AvgIpc) is 3.25. The van der Waals surface area contributed by atoms with Gasteiger partial charge in [0, 0.05) is 50.1 Å². The highest BCUT2D eigenvalue weighted by Crippen LogP contribution is 2.36. The largest absolute Gasteiger partial charge is 0.467 e. The Bertz CT molecular complexity index is 1240. The van der Waals surface area contributed by atoms with Crippen LogP contribution in [0.15, 0.2) is 24.4 Å². The highest BCUT2D eigenvalue weighted by Gasteiger charge is 2.36. The van der Waals surface area contributed by atoms with Crippen molar-refractivity contribution in [1.82, 2.24) is 29.5 Å². The quantitative estimate of drug-likeness (QED) is 0.535. The number of likely N-dealkylation sites (tertiary alicyclic amines) is 1. The Morgan fingerprint density at radius 2 is 1.81 bits per heavy atom. The molecule has 0 saturated carbocycles. The molecule has 6 rings (SSSR count). The zero-order valence-electron chi connectivity index (χ0n) is 21.2. The summed E-state index contributed by atoms with van der Waals surface area (Å²) in [5, 5.41) is 5.68. The number of methoxy groups -OCH3 is 1. The molecular weight excluding hydrogens is 461 g/mol. The lowest BCUT2D eigenvalue weighted by Gasteiger charge is -2.43. The van der Waals surface area contributed by atoms with Gasteiger partial charge in [-0.15, -0.1) is 0 Å². The van der Waals surface area contributed by atoms with E-state index in [0.717, 1.165) is 80.2 Å². The first-order valence-corrected chi connectivity index (χ1v) is 12.8. The van der Waals surface area contributed by atoms with Crippen molar-refractivity contribution in [2.75, 3.05) is 71.5 Å². The molecule has 9 nitrogen and oxygen atoms in total. The zero-order valence-corrected chi connectivity index (χ0v) is 21.2. The second-order valence-corrected chi connectivity index (χ2v) is 10.3. The van der Waals surface area contributed by atoms with Crippen LogP contribution >= 0.6 is 0 Å². The normalized spacial score (nSPS) is 24.3. The van der Waals surface area contributed by atoms with Gasteiger partial charge in [0.05, 0.1) is 38.1 Å². The van der Waals surface area contributed by atoms with E-state index in [0.29, 0.717) is 24.4 Å². The third kappa shape index (κ3) is 4.31. The van der Waals surface area contributed by atoms with E-state index in [9.17, 15) is 0 Å². The molecule has 0 amide bonds. The number of nitrogens with zero attached hydrogens (tertiary/aromatic N) is 7. The molecule has 3 aromatic rings. The number of piperazine rings is 1. The van der Waals surface area contributed by atoms with Crippen molar-refractivity contribution in [3.8, 4) is 11.8 Å². The van der Waals surface area contributed by atoms with Gasteiger partial charge < -0.3 is 19.3 Å². The summed E-state index contributed by atoms with van der Waals surface area (Å²) in [5.41, 5.74) is 3.08. The molecule has 1 aromatic carbocycles. The Balaban J connectivity index is 1.33. The van der Waals surface area contributed by atoms with Gasteiger partial charge in [0.2, 0.25) is 0 Å². The number of likely N-dealkylation sites (N-methyl/N-ethyl adjacent to an activating group) is 1. The summed E-state index contributed by atoms with van der Waals surface area (Å²) in [6.45, 7) is 8.62. The Hall–Kier alpha value is -2.82. The van der Waals surface area contributed by atoms with Gasteiger partial charge in [0.15, 0.2) is 5.82 Å². The second kappa shape index (κ2) is 9.57. The minimum atomic E-state index is -0.908. The molecule has 0 N–H and O–H groups in total. The molecule has 3 fully saturated rings. The predicted molar refractivity (Wildman–Crippen MR) is 136 cm³/mol. The standard InChI is InChI=1S/C26H34FN7O2/c1-17-10-18-13-28-34(25-12-24(29-26(30-25)35-3)32-8-6-31(2)7-9-32)23(18)11-21(17)20-4-5-33(14-22(20)27)19-15-36-16-19/h10-13,19-20,22H,4-9,14-16H2,1-3H3. The molecule has 3 saturated heterocycles. The second-order valence-electron chi connectivity index (χ2n) is 10.3. The number of hydrogen-bond acceptors (Lipinski definition) is 8. The average molecular weight is 496 g/mol. The Morgan fingerprint density at radius 3 is 2.50 bits per heavy atom. The highest BCUT2D eigenvalue weighted by atomic mass is 19.1. The lowest BCUT2D eigenvalue weighted by molar-refractivity contribution is -0.0807. The molecule has 0 spiro atoms. The minimum absolute atomic E-state index is 0.129. The minimum Gasteiger partial charge on any atom is -0.467 e. The molecule has 192 valence electrons. The monoisotopic (exact) mass is 495 g/mol. The number of anilines is 1. The number of ether oxygens (including phenoxy) is 2. The molecule has 0 radical (unpaired) electrons. The third-order valence-electron chi connectivity index (χ3n) is 7.97. The van der Waals surface area contributed by atoms with Crippen LogP contribution in [0.2, 0.25) is 0 Å². The Labute approximate surface area is 210 Å². The van der Waals surface area contributed by atoms with Crippen molar-refractivity contribution < 1.29 is 13.9 Å². The number of halogens is 1.